The minimum Gasteiger partial charge on any atom is -0.237 e. The van der Waals surface area contributed by atoms with E-state index in [1.165, 1.54) is 12.1 Å². The van der Waals surface area contributed by atoms with Crippen LogP contribution in [0.5, 0.6) is 0 Å². The quantitative estimate of drug-likeness (QED) is 0.768. The normalized spacial score (nSPS) is 10.9. The van der Waals surface area contributed by atoms with Gasteiger partial charge in [0.1, 0.15) is 5.82 Å². The molecule has 0 aliphatic rings. The number of nitrogens with zero attached hydrogens (tertiary/aromatic N) is 2. The van der Waals surface area contributed by atoms with Crippen molar-refractivity contribution < 1.29 is 4.39 Å². The summed E-state index contributed by atoms with van der Waals surface area (Å²) < 4.78 is 15.3. The van der Waals surface area contributed by atoms with E-state index in [4.69, 9.17) is 11.6 Å². The van der Waals surface area contributed by atoms with Gasteiger partial charge in [0.25, 0.3) is 0 Å². The number of alkyl halides is 1. The maximum absolute atomic E-state index is 13.5. The highest BCUT2D eigenvalue weighted by molar-refractivity contribution is 6.17. The Morgan fingerprint density at radius 1 is 1.17 bits per heavy atom. The van der Waals surface area contributed by atoms with E-state index >= 15 is 0 Å². The zero-order valence-corrected chi connectivity index (χ0v) is 11.3. The van der Waals surface area contributed by atoms with Gasteiger partial charge in [0, 0.05) is 11.6 Å². The Labute approximate surface area is 111 Å². The molecule has 0 bridgehead atoms. The maximum Gasteiger partial charge on any atom is 0.125 e. The molecule has 0 fully saturated rings. The number of halogens is 2. The molecule has 0 unspecified atom stereocenters. The fourth-order valence-corrected chi connectivity index (χ4v) is 2.11. The van der Waals surface area contributed by atoms with Crippen LogP contribution in [0.1, 0.15) is 30.8 Å². The topological polar surface area (TPSA) is 17.8 Å². The molecule has 2 nitrogen and oxygen atoms in total. The Hall–Kier alpha value is -1.35. The summed E-state index contributed by atoms with van der Waals surface area (Å²) in [6, 6.07) is 6.88. The van der Waals surface area contributed by atoms with Crippen LogP contribution in [0.4, 0.5) is 4.39 Å². The van der Waals surface area contributed by atoms with Crippen LogP contribution in [-0.4, -0.2) is 9.78 Å². The fraction of sp³-hybridized carbons (Fsp3) is 0.357. The molecule has 0 radical (unpaired) electrons. The number of rotatable bonds is 4. The average molecular weight is 267 g/mol. The van der Waals surface area contributed by atoms with Crippen LogP contribution < -0.4 is 0 Å². The van der Waals surface area contributed by atoms with Gasteiger partial charge in [0.2, 0.25) is 0 Å². The molecule has 0 saturated heterocycles. The van der Waals surface area contributed by atoms with Crippen LogP contribution >= 0.6 is 11.6 Å². The van der Waals surface area contributed by atoms with Crippen LogP contribution in [0.15, 0.2) is 24.3 Å². The van der Waals surface area contributed by atoms with E-state index in [9.17, 15) is 4.39 Å². The highest BCUT2D eigenvalue weighted by Crippen LogP contribution is 2.18. The lowest BCUT2D eigenvalue weighted by Gasteiger charge is -2.07. The first-order valence-corrected chi connectivity index (χ1v) is 6.65. The van der Waals surface area contributed by atoms with Crippen LogP contribution in [-0.2, 0) is 18.7 Å². The van der Waals surface area contributed by atoms with Crippen molar-refractivity contribution in [1.82, 2.24) is 9.78 Å². The van der Waals surface area contributed by atoms with Gasteiger partial charge in [-0.25, -0.2) is 9.07 Å². The second-order valence-corrected chi connectivity index (χ2v) is 4.46. The lowest BCUT2D eigenvalue weighted by atomic mass is 10.2. The second-order valence-electron chi connectivity index (χ2n) is 4.20. The molecule has 0 N–H and O–H groups in total. The van der Waals surface area contributed by atoms with Gasteiger partial charge in [-0.1, -0.05) is 13.8 Å². The highest BCUT2D eigenvalue weighted by Gasteiger charge is 2.09. The molecule has 0 aliphatic heterocycles. The Morgan fingerprint density at radius 2 is 1.94 bits per heavy atom. The molecule has 1 aromatic carbocycles. The summed E-state index contributed by atoms with van der Waals surface area (Å²) in [5, 5.41) is 4.49. The second kappa shape index (κ2) is 5.53. The van der Waals surface area contributed by atoms with Crippen LogP contribution in [0.2, 0.25) is 0 Å². The van der Waals surface area contributed by atoms with Gasteiger partial charge >= 0.3 is 0 Å². The molecule has 96 valence electrons. The first-order chi connectivity index (χ1) is 8.67. The summed E-state index contributed by atoms with van der Waals surface area (Å²) in [6.45, 7) is 4.12. The molecular formula is C14H16ClFN2. The van der Waals surface area contributed by atoms with Crippen molar-refractivity contribution in [3.8, 4) is 5.69 Å². The Bertz CT molecular complexity index is 549. The zero-order valence-electron chi connectivity index (χ0n) is 10.6. The number of aromatic nitrogens is 2. The molecule has 18 heavy (non-hydrogen) atoms. The van der Waals surface area contributed by atoms with E-state index in [1.54, 1.807) is 4.68 Å². The molecule has 2 aromatic rings. The van der Waals surface area contributed by atoms with Crippen LogP contribution in [0.25, 0.3) is 5.69 Å². The van der Waals surface area contributed by atoms with Gasteiger partial charge < -0.3 is 0 Å². The van der Waals surface area contributed by atoms with E-state index in [0.29, 0.717) is 5.88 Å². The lowest BCUT2D eigenvalue weighted by Crippen LogP contribution is -2.03. The van der Waals surface area contributed by atoms with Gasteiger partial charge in [-0.15, -0.1) is 11.6 Å². The third-order valence-electron chi connectivity index (χ3n) is 2.90. The SMILES string of the molecule is CCc1cc(CC)n(-c2cc(F)cc(CCl)c2)n1. The summed E-state index contributed by atoms with van der Waals surface area (Å²) in [5.41, 5.74) is 3.60. The third kappa shape index (κ3) is 2.56. The van der Waals surface area contributed by atoms with Gasteiger partial charge in [0.15, 0.2) is 0 Å². The average Bonchev–Trinajstić information content (AvgIpc) is 2.81. The molecule has 0 spiro atoms. The number of hydrogen-bond acceptors (Lipinski definition) is 1. The predicted octanol–water partition coefficient (Wildman–Crippen LogP) is 3.88. The van der Waals surface area contributed by atoms with Gasteiger partial charge in [0.05, 0.1) is 11.4 Å². The summed E-state index contributed by atoms with van der Waals surface area (Å²) in [4.78, 5) is 0. The first-order valence-electron chi connectivity index (χ1n) is 6.11. The largest absolute Gasteiger partial charge is 0.237 e. The molecule has 0 amide bonds. The molecule has 1 aromatic heterocycles. The van der Waals surface area contributed by atoms with E-state index in [0.717, 1.165) is 35.5 Å². The monoisotopic (exact) mass is 266 g/mol. The number of aryl methyl sites for hydroxylation is 2. The van der Waals surface area contributed by atoms with Crippen molar-refractivity contribution in [2.75, 3.05) is 0 Å². The van der Waals surface area contributed by atoms with Crippen molar-refractivity contribution in [3.63, 3.8) is 0 Å². The van der Waals surface area contributed by atoms with Crippen molar-refractivity contribution in [2.45, 2.75) is 32.6 Å². The number of hydrogen-bond donors (Lipinski definition) is 0. The van der Waals surface area contributed by atoms with E-state index in [-0.39, 0.29) is 5.82 Å². The van der Waals surface area contributed by atoms with Crippen molar-refractivity contribution in [1.29, 1.82) is 0 Å². The van der Waals surface area contributed by atoms with E-state index in [2.05, 4.69) is 25.0 Å². The lowest BCUT2D eigenvalue weighted by molar-refractivity contribution is 0.623. The van der Waals surface area contributed by atoms with Gasteiger partial charge in [-0.2, -0.15) is 5.10 Å². The molecule has 1 heterocycles. The smallest absolute Gasteiger partial charge is 0.125 e. The third-order valence-corrected chi connectivity index (χ3v) is 3.21. The summed E-state index contributed by atoms with van der Waals surface area (Å²) in [5.74, 6) is 0.0208. The van der Waals surface area contributed by atoms with Gasteiger partial charge in [-0.3, -0.25) is 0 Å². The van der Waals surface area contributed by atoms with E-state index in [1.807, 2.05) is 6.07 Å². The Balaban J connectivity index is 2.53. The molecule has 0 saturated carbocycles. The van der Waals surface area contributed by atoms with Crippen LogP contribution in [0.3, 0.4) is 0 Å². The van der Waals surface area contributed by atoms with E-state index < -0.39 is 0 Å². The molecular weight excluding hydrogens is 251 g/mol. The molecule has 2 rings (SSSR count). The highest BCUT2D eigenvalue weighted by atomic mass is 35.5. The Morgan fingerprint density at radius 3 is 2.56 bits per heavy atom. The van der Waals surface area contributed by atoms with Crippen LogP contribution in [0, 0.1) is 5.82 Å². The van der Waals surface area contributed by atoms with Crippen molar-refractivity contribution in [2.24, 2.45) is 0 Å². The Kier molecular flexibility index (Phi) is 4.02. The molecule has 0 aliphatic carbocycles. The fourth-order valence-electron chi connectivity index (χ4n) is 1.96. The molecule has 4 heteroatoms. The predicted molar refractivity (Wildman–Crippen MR) is 71.8 cm³/mol. The zero-order chi connectivity index (χ0) is 13.1. The minimum atomic E-state index is -0.279. The summed E-state index contributed by atoms with van der Waals surface area (Å²) in [6.07, 6.45) is 1.73. The van der Waals surface area contributed by atoms with Crippen molar-refractivity contribution >= 4 is 11.6 Å². The standard InChI is InChI=1S/C14H16ClFN2/c1-3-12-8-13(4-2)18(17-12)14-6-10(9-15)5-11(16)7-14/h5-8H,3-4,9H2,1-2H3. The number of benzene rings is 1. The summed E-state index contributed by atoms with van der Waals surface area (Å²) >= 11 is 5.77. The minimum absolute atomic E-state index is 0.279. The summed E-state index contributed by atoms with van der Waals surface area (Å²) in [7, 11) is 0. The van der Waals surface area contributed by atoms with Crippen molar-refractivity contribution in [3.05, 3.63) is 47.0 Å². The first kappa shape index (κ1) is 13.1. The van der Waals surface area contributed by atoms with Gasteiger partial charge in [-0.05, 0) is 42.7 Å². The molecule has 0 atom stereocenters. The maximum atomic E-state index is 13.5.